The van der Waals surface area contributed by atoms with Crippen molar-refractivity contribution in [3.63, 3.8) is 0 Å². The van der Waals surface area contributed by atoms with E-state index in [-0.39, 0.29) is 11.3 Å². The molecule has 92 valence electrons. The normalized spacial score (nSPS) is 10.4. The molecule has 0 amide bonds. The first kappa shape index (κ1) is 12.8. The van der Waals surface area contributed by atoms with E-state index in [9.17, 15) is 9.18 Å². The van der Waals surface area contributed by atoms with Crippen LogP contribution in [-0.4, -0.2) is 5.78 Å². The maximum absolute atomic E-state index is 13.9. The summed E-state index contributed by atoms with van der Waals surface area (Å²) in [5.41, 5.74) is 7.07. The SMILES string of the molecule is Cc1cccc(C(=O)c2ccc(N)cc2Br)c1F. The molecule has 0 atom stereocenters. The van der Waals surface area contributed by atoms with Gasteiger partial charge in [-0.05, 0) is 52.7 Å². The van der Waals surface area contributed by atoms with Crippen LogP contribution in [0, 0.1) is 12.7 Å². The molecule has 0 heterocycles. The molecular formula is C14H11BrFNO. The largest absolute Gasteiger partial charge is 0.399 e. The third-order valence-corrected chi connectivity index (χ3v) is 3.33. The lowest BCUT2D eigenvalue weighted by atomic mass is 10.0. The van der Waals surface area contributed by atoms with Gasteiger partial charge in [-0.15, -0.1) is 0 Å². The number of hydrogen-bond donors (Lipinski definition) is 1. The first-order valence-electron chi connectivity index (χ1n) is 5.35. The summed E-state index contributed by atoms with van der Waals surface area (Å²) in [6.07, 6.45) is 0. The van der Waals surface area contributed by atoms with Crippen LogP contribution < -0.4 is 5.73 Å². The van der Waals surface area contributed by atoms with Crippen LogP contribution in [0.5, 0.6) is 0 Å². The van der Waals surface area contributed by atoms with E-state index in [1.165, 1.54) is 6.07 Å². The van der Waals surface area contributed by atoms with Gasteiger partial charge < -0.3 is 5.73 Å². The van der Waals surface area contributed by atoms with Gasteiger partial charge in [0.1, 0.15) is 5.82 Å². The summed E-state index contributed by atoms with van der Waals surface area (Å²) in [6, 6.07) is 9.60. The lowest BCUT2D eigenvalue weighted by molar-refractivity contribution is 0.103. The smallest absolute Gasteiger partial charge is 0.197 e. The van der Waals surface area contributed by atoms with E-state index in [1.807, 2.05) is 0 Å². The number of halogens is 2. The zero-order valence-corrected chi connectivity index (χ0v) is 11.3. The van der Waals surface area contributed by atoms with Gasteiger partial charge >= 0.3 is 0 Å². The zero-order valence-electron chi connectivity index (χ0n) is 9.71. The van der Waals surface area contributed by atoms with Gasteiger partial charge in [0.25, 0.3) is 0 Å². The summed E-state index contributed by atoms with van der Waals surface area (Å²) in [4.78, 5) is 12.2. The molecule has 0 bridgehead atoms. The number of anilines is 1. The second kappa shape index (κ2) is 4.90. The maximum atomic E-state index is 13.9. The molecule has 0 radical (unpaired) electrons. The Morgan fingerprint density at radius 1 is 1.22 bits per heavy atom. The highest BCUT2D eigenvalue weighted by molar-refractivity contribution is 9.10. The highest BCUT2D eigenvalue weighted by Gasteiger charge is 2.17. The van der Waals surface area contributed by atoms with Crippen LogP contribution in [0.15, 0.2) is 40.9 Å². The minimum atomic E-state index is -0.480. The number of nitrogens with two attached hydrogens (primary N) is 1. The number of aryl methyl sites for hydroxylation is 1. The maximum Gasteiger partial charge on any atom is 0.197 e. The Balaban J connectivity index is 2.51. The quantitative estimate of drug-likeness (QED) is 0.679. The van der Waals surface area contributed by atoms with Gasteiger partial charge in [0.15, 0.2) is 5.78 Å². The van der Waals surface area contributed by atoms with Crippen LogP contribution >= 0.6 is 15.9 Å². The summed E-state index contributed by atoms with van der Waals surface area (Å²) < 4.78 is 14.5. The van der Waals surface area contributed by atoms with E-state index in [0.717, 1.165) is 0 Å². The Bertz CT molecular complexity index is 625. The predicted octanol–water partition coefficient (Wildman–Crippen LogP) is 3.71. The molecule has 2 aromatic carbocycles. The van der Waals surface area contributed by atoms with E-state index in [2.05, 4.69) is 15.9 Å². The van der Waals surface area contributed by atoms with E-state index in [0.29, 0.717) is 21.3 Å². The highest BCUT2D eigenvalue weighted by atomic mass is 79.9. The molecule has 0 aliphatic rings. The van der Waals surface area contributed by atoms with Gasteiger partial charge in [-0.2, -0.15) is 0 Å². The monoisotopic (exact) mass is 307 g/mol. The fourth-order valence-corrected chi connectivity index (χ4v) is 2.26. The average molecular weight is 308 g/mol. The molecule has 0 fully saturated rings. The van der Waals surface area contributed by atoms with Crippen molar-refractivity contribution in [2.75, 3.05) is 5.73 Å². The molecule has 18 heavy (non-hydrogen) atoms. The number of carbonyl (C=O) groups is 1. The summed E-state index contributed by atoms with van der Waals surface area (Å²) in [5.74, 6) is -0.839. The molecule has 0 aliphatic carbocycles. The molecule has 2 rings (SSSR count). The Labute approximate surface area is 113 Å². The highest BCUT2D eigenvalue weighted by Crippen LogP contribution is 2.24. The van der Waals surface area contributed by atoms with Gasteiger partial charge in [-0.25, -0.2) is 4.39 Å². The molecule has 4 heteroatoms. The number of carbonyl (C=O) groups excluding carboxylic acids is 1. The average Bonchev–Trinajstić information content (AvgIpc) is 2.32. The summed E-state index contributed by atoms with van der Waals surface area (Å²) in [7, 11) is 0. The van der Waals surface area contributed by atoms with Crippen molar-refractivity contribution in [2.24, 2.45) is 0 Å². The van der Waals surface area contributed by atoms with Crippen LogP contribution in [0.1, 0.15) is 21.5 Å². The number of rotatable bonds is 2. The van der Waals surface area contributed by atoms with Crippen LogP contribution in [0.3, 0.4) is 0 Å². The standard InChI is InChI=1S/C14H11BrFNO/c1-8-3-2-4-11(13(8)16)14(18)10-6-5-9(17)7-12(10)15/h2-7H,17H2,1H3. The summed E-state index contributed by atoms with van der Waals surface area (Å²) >= 11 is 3.26. The molecule has 2 nitrogen and oxygen atoms in total. The molecule has 0 unspecified atom stereocenters. The number of nitrogen functional groups attached to an aromatic ring is 1. The third-order valence-electron chi connectivity index (χ3n) is 2.67. The first-order chi connectivity index (χ1) is 8.50. The fourth-order valence-electron chi connectivity index (χ4n) is 1.68. The van der Waals surface area contributed by atoms with E-state index in [1.54, 1.807) is 37.3 Å². The topological polar surface area (TPSA) is 43.1 Å². The van der Waals surface area contributed by atoms with E-state index in [4.69, 9.17) is 5.73 Å². The lowest BCUT2D eigenvalue weighted by Gasteiger charge is -2.07. The molecular weight excluding hydrogens is 297 g/mol. The minimum absolute atomic E-state index is 0.0699. The van der Waals surface area contributed by atoms with E-state index >= 15 is 0 Å². The van der Waals surface area contributed by atoms with E-state index < -0.39 is 5.82 Å². The van der Waals surface area contributed by atoms with Crippen LogP contribution in [0.2, 0.25) is 0 Å². The molecule has 2 aromatic rings. The second-order valence-electron chi connectivity index (χ2n) is 4.00. The number of ketones is 1. The second-order valence-corrected chi connectivity index (χ2v) is 4.86. The van der Waals surface area contributed by atoms with Crippen molar-refractivity contribution in [1.82, 2.24) is 0 Å². The summed E-state index contributed by atoms with van der Waals surface area (Å²) in [6.45, 7) is 1.63. The Kier molecular flexibility index (Phi) is 3.48. The Hall–Kier alpha value is -1.68. The predicted molar refractivity (Wildman–Crippen MR) is 73.1 cm³/mol. The van der Waals surface area contributed by atoms with Gasteiger partial charge in [-0.3, -0.25) is 4.79 Å². The van der Waals surface area contributed by atoms with Crippen LogP contribution in [-0.2, 0) is 0 Å². The first-order valence-corrected chi connectivity index (χ1v) is 6.15. The van der Waals surface area contributed by atoms with Gasteiger partial charge in [0.05, 0.1) is 5.56 Å². The number of benzene rings is 2. The van der Waals surface area contributed by atoms with Crippen molar-refractivity contribution in [3.8, 4) is 0 Å². The van der Waals surface area contributed by atoms with Crippen molar-refractivity contribution < 1.29 is 9.18 Å². The lowest BCUT2D eigenvalue weighted by Crippen LogP contribution is -2.06. The number of hydrogen-bond acceptors (Lipinski definition) is 2. The summed E-state index contributed by atoms with van der Waals surface area (Å²) in [5, 5.41) is 0. The third kappa shape index (κ3) is 2.29. The van der Waals surface area contributed by atoms with Crippen molar-refractivity contribution in [2.45, 2.75) is 6.92 Å². The Morgan fingerprint density at radius 2 is 1.94 bits per heavy atom. The van der Waals surface area contributed by atoms with Crippen molar-refractivity contribution in [1.29, 1.82) is 0 Å². The fraction of sp³-hybridized carbons (Fsp3) is 0.0714. The molecule has 0 saturated carbocycles. The van der Waals surface area contributed by atoms with Gasteiger partial charge in [0.2, 0.25) is 0 Å². The zero-order chi connectivity index (χ0) is 13.3. The van der Waals surface area contributed by atoms with Crippen molar-refractivity contribution in [3.05, 3.63) is 63.4 Å². The van der Waals surface area contributed by atoms with Crippen LogP contribution in [0.25, 0.3) is 0 Å². The van der Waals surface area contributed by atoms with Gasteiger partial charge in [-0.1, -0.05) is 12.1 Å². The Morgan fingerprint density at radius 3 is 2.61 bits per heavy atom. The molecule has 0 aliphatic heterocycles. The molecule has 0 spiro atoms. The molecule has 0 saturated heterocycles. The van der Waals surface area contributed by atoms with Crippen molar-refractivity contribution >= 4 is 27.4 Å². The molecule has 0 aromatic heterocycles. The minimum Gasteiger partial charge on any atom is -0.399 e. The van der Waals surface area contributed by atoms with Crippen LogP contribution in [0.4, 0.5) is 10.1 Å². The van der Waals surface area contributed by atoms with Gasteiger partial charge in [0, 0.05) is 15.7 Å². The molecule has 2 N–H and O–H groups in total.